The Labute approximate surface area is 139 Å². The summed E-state index contributed by atoms with van der Waals surface area (Å²) in [4.78, 5) is 9.60. The summed E-state index contributed by atoms with van der Waals surface area (Å²) in [6.45, 7) is 2.63. The van der Waals surface area contributed by atoms with Gasteiger partial charge in [0.25, 0.3) is 0 Å². The highest BCUT2D eigenvalue weighted by Gasteiger charge is 2.28. The first-order chi connectivity index (χ1) is 11.0. The molecule has 0 saturated carbocycles. The summed E-state index contributed by atoms with van der Waals surface area (Å²) >= 11 is 5.82. The molecule has 0 radical (unpaired) electrons. The second-order valence-electron chi connectivity index (χ2n) is 5.34. The van der Waals surface area contributed by atoms with Crippen LogP contribution < -0.4 is 14.4 Å². The van der Waals surface area contributed by atoms with Crippen molar-refractivity contribution in [3.05, 3.63) is 40.6 Å². The van der Waals surface area contributed by atoms with E-state index in [2.05, 4.69) is 9.97 Å². The second kappa shape index (κ2) is 6.20. The molecule has 1 aliphatic rings. The molecule has 0 aliphatic carbocycles. The number of fused-ring (bicyclic) bond motifs is 1. The predicted molar refractivity (Wildman–Crippen MR) is 86.0 cm³/mol. The highest BCUT2D eigenvalue weighted by molar-refractivity contribution is 6.28. The Bertz CT molecular complexity index is 742. The number of anilines is 1. The van der Waals surface area contributed by atoms with Crippen molar-refractivity contribution in [3.63, 3.8) is 0 Å². The van der Waals surface area contributed by atoms with E-state index in [1.807, 2.05) is 24.0 Å². The van der Waals surface area contributed by atoms with Crippen molar-refractivity contribution in [2.24, 2.45) is 0 Å². The van der Waals surface area contributed by atoms with Gasteiger partial charge in [-0.2, -0.15) is 4.98 Å². The molecule has 1 atom stereocenters. The van der Waals surface area contributed by atoms with Crippen molar-refractivity contribution >= 4 is 17.4 Å². The number of methoxy groups -OCH3 is 2. The molecule has 0 saturated heterocycles. The van der Waals surface area contributed by atoms with E-state index in [4.69, 9.17) is 21.1 Å². The number of aromatic nitrogens is 2. The minimum atomic E-state index is -0.481. The molecule has 0 unspecified atom stereocenters. The molecule has 23 heavy (non-hydrogen) atoms. The standard InChI is InChI=1S/C16H17ClFN3O2/c1-9-11-7-14(23-3)13(22-2)6-10(11)4-5-21(9)15-12(18)8-19-16(17)20-15/h6-9H,4-5H2,1-3H3/t9-/m0/s1. The average Bonchev–Trinajstić information content (AvgIpc) is 2.56. The molecule has 0 fully saturated rings. The van der Waals surface area contributed by atoms with Crippen LogP contribution in [-0.4, -0.2) is 30.7 Å². The molecule has 7 heteroatoms. The number of ether oxygens (including phenoxy) is 2. The van der Waals surface area contributed by atoms with E-state index in [0.29, 0.717) is 18.0 Å². The molecule has 0 bridgehead atoms. The van der Waals surface area contributed by atoms with Crippen LogP contribution in [-0.2, 0) is 6.42 Å². The Hall–Kier alpha value is -2.08. The van der Waals surface area contributed by atoms with Crippen LogP contribution in [0.1, 0.15) is 24.1 Å². The third kappa shape index (κ3) is 2.79. The van der Waals surface area contributed by atoms with Gasteiger partial charge in [-0.15, -0.1) is 0 Å². The van der Waals surface area contributed by atoms with Crippen LogP contribution in [0.3, 0.4) is 0 Å². The first-order valence-corrected chi connectivity index (χ1v) is 7.62. The smallest absolute Gasteiger partial charge is 0.224 e. The molecular weight excluding hydrogens is 321 g/mol. The van der Waals surface area contributed by atoms with Gasteiger partial charge >= 0.3 is 0 Å². The molecule has 1 aromatic heterocycles. The van der Waals surface area contributed by atoms with Crippen LogP contribution in [0, 0.1) is 5.82 Å². The fraction of sp³-hybridized carbons (Fsp3) is 0.375. The normalized spacial score (nSPS) is 16.9. The molecule has 0 N–H and O–H groups in total. The predicted octanol–water partition coefficient (Wildman–Crippen LogP) is 3.41. The summed E-state index contributed by atoms with van der Waals surface area (Å²) in [6, 6.07) is 3.84. The zero-order chi connectivity index (χ0) is 16.6. The summed E-state index contributed by atoms with van der Waals surface area (Å²) in [5.41, 5.74) is 2.22. The van der Waals surface area contributed by atoms with Crippen LogP contribution in [0.2, 0.25) is 5.28 Å². The monoisotopic (exact) mass is 337 g/mol. The molecule has 1 aromatic carbocycles. The lowest BCUT2D eigenvalue weighted by Crippen LogP contribution is -2.35. The van der Waals surface area contributed by atoms with Crippen molar-refractivity contribution in [3.8, 4) is 11.5 Å². The Balaban J connectivity index is 2.03. The molecule has 0 spiro atoms. The lowest BCUT2D eigenvalue weighted by atomic mass is 9.93. The lowest BCUT2D eigenvalue weighted by molar-refractivity contribution is 0.353. The SMILES string of the molecule is COc1cc2c(cc1OC)[C@H](C)N(c1nc(Cl)ncc1F)CC2. The van der Waals surface area contributed by atoms with E-state index in [9.17, 15) is 4.39 Å². The summed E-state index contributed by atoms with van der Waals surface area (Å²) < 4.78 is 24.8. The van der Waals surface area contributed by atoms with Crippen molar-refractivity contribution in [2.45, 2.75) is 19.4 Å². The van der Waals surface area contributed by atoms with E-state index in [0.717, 1.165) is 23.7 Å². The minimum Gasteiger partial charge on any atom is -0.493 e. The number of halogens is 2. The van der Waals surface area contributed by atoms with E-state index >= 15 is 0 Å². The first-order valence-electron chi connectivity index (χ1n) is 7.24. The van der Waals surface area contributed by atoms with E-state index in [1.165, 1.54) is 0 Å². The average molecular weight is 338 g/mol. The van der Waals surface area contributed by atoms with Crippen molar-refractivity contribution in [1.29, 1.82) is 0 Å². The van der Waals surface area contributed by atoms with Gasteiger partial charge in [0.05, 0.1) is 26.5 Å². The zero-order valence-electron chi connectivity index (χ0n) is 13.1. The molecule has 2 heterocycles. The summed E-state index contributed by atoms with van der Waals surface area (Å²) in [6.07, 6.45) is 1.85. The highest BCUT2D eigenvalue weighted by atomic mass is 35.5. The van der Waals surface area contributed by atoms with Gasteiger partial charge in [0.1, 0.15) is 0 Å². The number of rotatable bonds is 3. The minimum absolute atomic E-state index is 0.0340. The second-order valence-corrected chi connectivity index (χ2v) is 5.67. The molecule has 3 rings (SSSR count). The third-order valence-electron chi connectivity index (χ3n) is 4.15. The number of hydrogen-bond acceptors (Lipinski definition) is 5. The third-order valence-corrected chi connectivity index (χ3v) is 4.34. The quantitative estimate of drug-likeness (QED) is 0.803. The molecule has 1 aliphatic heterocycles. The fourth-order valence-electron chi connectivity index (χ4n) is 2.97. The molecule has 122 valence electrons. The Morgan fingerprint density at radius 1 is 1.26 bits per heavy atom. The van der Waals surface area contributed by atoms with Crippen LogP contribution in [0.5, 0.6) is 11.5 Å². The Morgan fingerprint density at radius 3 is 2.65 bits per heavy atom. The van der Waals surface area contributed by atoms with Gasteiger partial charge in [-0.3, -0.25) is 0 Å². The van der Waals surface area contributed by atoms with Gasteiger partial charge < -0.3 is 14.4 Å². The summed E-state index contributed by atoms with van der Waals surface area (Å²) in [5, 5.41) is 0.0340. The van der Waals surface area contributed by atoms with Gasteiger partial charge in [0.2, 0.25) is 5.28 Å². The lowest BCUT2D eigenvalue weighted by Gasteiger charge is -2.36. The molecular formula is C16H17ClFN3O2. The fourth-order valence-corrected chi connectivity index (χ4v) is 3.10. The molecule has 0 amide bonds. The Kier molecular flexibility index (Phi) is 4.26. The topological polar surface area (TPSA) is 47.5 Å². The van der Waals surface area contributed by atoms with Crippen molar-refractivity contribution in [1.82, 2.24) is 9.97 Å². The van der Waals surface area contributed by atoms with Crippen LogP contribution in [0.4, 0.5) is 10.2 Å². The first kappa shape index (κ1) is 15.8. The molecule has 5 nitrogen and oxygen atoms in total. The summed E-state index contributed by atoms with van der Waals surface area (Å²) in [5.74, 6) is 1.09. The van der Waals surface area contributed by atoms with Gasteiger partial charge in [0, 0.05) is 6.54 Å². The number of benzene rings is 1. The van der Waals surface area contributed by atoms with Crippen LogP contribution >= 0.6 is 11.6 Å². The van der Waals surface area contributed by atoms with E-state index < -0.39 is 5.82 Å². The number of nitrogens with zero attached hydrogens (tertiary/aromatic N) is 3. The maximum Gasteiger partial charge on any atom is 0.224 e. The van der Waals surface area contributed by atoms with E-state index in [1.54, 1.807) is 14.2 Å². The number of hydrogen-bond donors (Lipinski definition) is 0. The van der Waals surface area contributed by atoms with Gasteiger partial charge in [0.15, 0.2) is 23.1 Å². The Morgan fingerprint density at radius 2 is 1.96 bits per heavy atom. The van der Waals surface area contributed by atoms with Crippen LogP contribution in [0.15, 0.2) is 18.3 Å². The van der Waals surface area contributed by atoms with Gasteiger partial charge in [-0.1, -0.05) is 0 Å². The maximum absolute atomic E-state index is 14.1. The summed E-state index contributed by atoms with van der Waals surface area (Å²) in [7, 11) is 3.21. The van der Waals surface area contributed by atoms with Crippen molar-refractivity contribution < 1.29 is 13.9 Å². The largest absolute Gasteiger partial charge is 0.493 e. The zero-order valence-corrected chi connectivity index (χ0v) is 13.9. The van der Waals surface area contributed by atoms with E-state index in [-0.39, 0.29) is 17.1 Å². The maximum atomic E-state index is 14.1. The van der Waals surface area contributed by atoms with Gasteiger partial charge in [-0.25, -0.2) is 9.37 Å². The van der Waals surface area contributed by atoms with Crippen molar-refractivity contribution in [2.75, 3.05) is 25.7 Å². The highest BCUT2D eigenvalue weighted by Crippen LogP contribution is 2.39. The molecule has 2 aromatic rings. The van der Waals surface area contributed by atoms with Crippen LogP contribution in [0.25, 0.3) is 0 Å². The van der Waals surface area contributed by atoms with Gasteiger partial charge in [-0.05, 0) is 48.2 Å².